The second kappa shape index (κ2) is 6.14. The van der Waals surface area contributed by atoms with Crippen LogP contribution in [-0.4, -0.2) is 17.4 Å². The molecule has 2 aromatic rings. The van der Waals surface area contributed by atoms with Gasteiger partial charge in [0.15, 0.2) is 0 Å². The summed E-state index contributed by atoms with van der Waals surface area (Å²) >= 11 is 1.36. The molecule has 19 heavy (non-hydrogen) atoms. The molecule has 0 aliphatic carbocycles. The van der Waals surface area contributed by atoms with Gasteiger partial charge in [-0.1, -0.05) is 11.8 Å². The first-order valence-corrected chi connectivity index (χ1v) is 6.58. The van der Waals surface area contributed by atoms with Crippen molar-refractivity contribution in [3.05, 3.63) is 45.9 Å². The fourth-order valence-electron chi connectivity index (χ4n) is 1.54. The Morgan fingerprint density at radius 1 is 1.53 bits per heavy atom. The third kappa shape index (κ3) is 3.41. The number of hydrogen-bond donors (Lipinski definition) is 2. The molecule has 0 unspecified atom stereocenters. The number of thiophene rings is 1. The molecule has 0 saturated heterocycles. The fourth-order valence-corrected chi connectivity index (χ4v) is 2.29. The van der Waals surface area contributed by atoms with E-state index >= 15 is 0 Å². The van der Waals surface area contributed by atoms with E-state index in [2.05, 4.69) is 22.1 Å². The van der Waals surface area contributed by atoms with E-state index in [4.69, 9.17) is 5.73 Å². The number of pyridine rings is 1. The zero-order valence-electron chi connectivity index (χ0n) is 10.4. The minimum atomic E-state index is -0.177. The Hall–Kier alpha value is -2.16. The first-order chi connectivity index (χ1) is 9.20. The zero-order chi connectivity index (χ0) is 13.7. The van der Waals surface area contributed by atoms with Crippen molar-refractivity contribution in [1.29, 1.82) is 0 Å². The number of hydrogen-bond acceptors (Lipinski definition) is 4. The number of aromatic nitrogens is 1. The average Bonchev–Trinajstić information content (AvgIpc) is 2.84. The molecule has 0 aliphatic heterocycles. The van der Waals surface area contributed by atoms with E-state index in [1.807, 2.05) is 24.4 Å². The molecule has 0 radical (unpaired) electrons. The van der Waals surface area contributed by atoms with Crippen molar-refractivity contribution in [2.45, 2.75) is 6.92 Å². The molecular formula is C14H13N3OS. The molecule has 1 amide bonds. The van der Waals surface area contributed by atoms with Crippen LogP contribution in [0.5, 0.6) is 0 Å². The highest BCUT2D eigenvalue weighted by Gasteiger charge is 2.12. The van der Waals surface area contributed by atoms with Gasteiger partial charge >= 0.3 is 0 Å². The Bertz CT molecular complexity index is 652. The molecule has 0 bridgehead atoms. The van der Waals surface area contributed by atoms with Crippen LogP contribution in [0.2, 0.25) is 0 Å². The van der Waals surface area contributed by atoms with E-state index in [0.717, 1.165) is 5.56 Å². The lowest BCUT2D eigenvalue weighted by Gasteiger charge is -2.04. The molecule has 0 fully saturated rings. The highest BCUT2D eigenvalue weighted by Crippen LogP contribution is 2.18. The van der Waals surface area contributed by atoms with Crippen LogP contribution in [0.3, 0.4) is 0 Å². The first kappa shape index (κ1) is 13.3. The molecule has 0 spiro atoms. The number of rotatable bonds is 2. The molecule has 0 saturated carbocycles. The number of nitrogens with zero attached hydrogens (tertiary/aromatic N) is 1. The van der Waals surface area contributed by atoms with Crippen molar-refractivity contribution >= 4 is 22.9 Å². The summed E-state index contributed by atoms with van der Waals surface area (Å²) < 4.78 is 0. The van der Waals surface area contributed by atoms with Crippen molar-refractivity contribution < 1.29 is 4.79 Å². The van der Waals surface area contributed by atoms with Crippen LogP contribution in [0.1, 0.15) is 20.8 Å². The molecule has 2 rings (SSSR count). The summed E-state index contributed by atoms with van der Waals surface area (Å²) in [5.41, 5.74) is 7.70. The van der Waals surface area contributed by atoms with Gasteiger partial charge in [-0.05, 0) is 30.0 Å². The molecule has 0 atom stereocenters. The highest BCUT2D eigenvalue weighted by atomic mass is 32.1. The van der Waals surface area contributed by atoms with Gasteiger partial charge in [0.2, 0.25) is 0 Å². The standard InChI is InChI=1S/C14H13N3OS/c1-10-7-12(9-16-8-10)17-14(18)13-11(3-2-5-15)4-6-19-13/h4,6-9H,5,15H2,1H3,(H,17,18). The second-order valence-corrected chi connectivity index (χ2v) is 4.79. The number of amides is 1. The summed E-state index contributed by atoms with van der Waals surface area (Å²) in [6.45, 7) is 2.20. The van der Waals surface area contributed by atoms with Gasteiger partial charge in [-0.15, -0.1) is 11.3 Å². The van der Waals surface area contributed by atoms with Crippen molar-refractivity contribution in [3.8, 4) is 11.8 Å². The maximum atomic E-state index is 12.1. The third-order valence-electron chi connectivity index (χ3n) is 2.33. The van der Waals surface area contributed by atoms with Crippen LogP contribution in [0.15, 0.2) is 29.9 Å². The van der Waals surface area contributed by atoms with Crippen LogP contribution < -0.4 is 11.1 Å². The summed E-state index contributed by atoms with van der Waals surface area (Å²) in [4.78, 5) is 16.8. The molecule has 3 N–H and O–H groups in total. The smallest absolute Gasteiger partial charge is 0.267 e. The molecule has 2 aromatic heterocycles. The largest absolute Gasteiger partial charge is 0.320 e. The van der Waals surface area contributed by atoms with Gasteiger partial charge in [-0.25, -0.2) is 0 Å². The quantitative estimate of drug-likeness (QED) is 0.821. The van der Waals surface area contributed by atoms with Crippen LogP contribution in [-0.2, 0) is 0 Å². The molecule has 2 heterocycles. The maximum absolute atomic E-state index is 12.1. The predicted molar refractivity (Wildman–Crippen MR) is 77.2 cm³/mol. The van der Waals surface area contributed by atoms with Crippen LogP contribution >= 0.6 is 11.3 Å². The van der Waals surface area contributed by atoms with Crippen molar-refractivity contribution in [2.24, 2.45) is 5.73 Å². The topological polar surface area (TPSA) is 68.0 Å². The lowest BCUT2D eigenvalue weighted by molar-refractivity contribution is 0.103. The summed E-state index contributed by atoms with van der Waals surface area (Å²) in [6, 6.07) is 3.68. The van der Waals surface area contributed by atoms with Gasteiger partial charge in [-0.3, -0.25) is 9.78 Å². The summed E-state index contributed by atoms with van der Waals surface area (Å²) in [5.74, 6) is 5.46. The Kier molecular flexibility index (Phi) is 4.29. The predicted octanol–water partition coefficient (Wildman–Crippen LogP) is 2.01. The number of aryl methyl sites for hydroxylation is 1. The van der Waals surface area contributed by atoms with Crippen LogP contribution in [0.25, 0.3) is 0 Å². The molecule has 96 valence electrons. The number of nitrogens with one attached hydrogen (secondary N) is 1. The number of carbonyl (C=O) groups excluding carboxylic acids is 1. The Morgan fingerprint density at radius 3 is 3.11 bits per heavy atom. The van der Waals surface area contributed by atoms with E-state index in [0.29, 0.717) is 16.1 Å². The molecule has 5 heteroatoms. The van der Waals surface area contributed by atoms with Gasteiger partial charge in [0.25, 0.3) is 5.91 Å². The molecule has 0 aromatic carbocycles. The van der Waals surface area contributed by atoms with Gasteiger partial charge in [0.05, 0.1) is 18.4 Å². The van der Waals surface area contributed by atoms with Crippen LogP contribution in [0.4, 0.5) is 5.69 Å². The monoisotopic (exact) mass is 271 g/mol. The van der Waals surface area contributed by atoms with E-state index in [1.54, 1.807) is 12.4 Å². The van der Waals surface area contributed by atoms with E-state index < -0.39 is 0 Å². The highest BCUT2D eigenvalue weighted by molar-refractivity contribution is 7.12. The van der Waals surface area contributed by atoms with E-state index in [1.165, 1.54) is 11.3 Å². The SMILES string of the molecule is Cc1cncc(NC(=O)c2sccc2C#CCN)c1. The number of nitrogens with two attached hydrogens (primary N) is 1. The summed E-state index contributed by atoms with van der Waals surface area (Å²) in [7, 11) is 0. The summed E-state index contributed by atoms with van der Waals surface area (Å²) in [5, 5.41) is 4.65. The van der Waals surface area contributed by atoms with Gasteiger partial charge in [0, 0.05) is 11.8 Å². The number of anilines is 1. The zero-order valence-corrected chi connectivity index (χ0v) is 11.3. The van der Waals surface area contributed by atoms with Gasteiger partial charge < -0.3 is 11.1 Å². The van der Waals surface area contributed by atoms with Crippen molar-refractivity contribution in [1.82, 2.24) is 4.98 Å². The van der Waals surface area contributed by atoms with E-state index in [9.17, 15) is 4.79 Å². The Balaban J connectivity index is 2.19. The second-order valence-electron chi connectivity index (χ2n) is 3.87. The lowest BCUT2D eigenvalue weighted by Crippen LogP contribution is -2.11. The fraction of sp³-hybridized carbons (Fsp3) is 0.143. The lowest BCUT2D eigenvalue weighted by atomic mass is 10.2. The Labute approximate surface area is 115 Å². The average molecular weight is 271 g/mol. The number of carbonyl (C=O) groups is 1. The van der Waals surface area contributed by atoms with Crippen molar-refractivity contribution in [3.63, 3.8) is 0 Å². The van der Waals surface area contributed by atoms with Crippen LogP contribution in [0, 0.1) is 18.8 Å². The molecular weight excluding hydrogens is 258 g/mol. The molecule has 4 nitrogen and oxygen atoms in total. The van der Waals surface area contributed by atoms with Gasteiger partial charge in [-0.2, -0.15) is 0 Å². The Morgan fingerprint density at radius 2 is 2.37 bits per heavy atom. The first-order valence-electron chi connectivity index (χ1n) is 5.70. The minimum absolute atomic E-state index is 0.177. The molecule has 0 aliphatic rings. The normalized spacial score (nSPS) is 9.58. The van der Waals surface area contributed by atoms with E-state index in [-0.39, 0.29) is 12.5 Å². The van der Waals surface area contributed by atoms with Crippen molar-refractivity contribution in [2.75, 3.05) is 11.9 Å². The maximum Gasteiger partial charge on any atom is 0.267 e. The minimum Gasteiger partial charge on any atom is -0.320 e. The summed E-state index contributed by atoms with van der Waals surface area (Å²) in [6.07, 6.45) is 3.35. The third-order valence-corrected chi connectivity index (χ3v) is 3.24. The van der Waals surface area contributed by atoms with Gasteiger partial charge in [0.1, 0.15) is 4.88 Å².